The Bertz CT molecular complexity index is 368. The first-order valence-corrected chi connectivity index (χ1v) is 5.09. The molecule has 1 aromatic carbocycles. The molecule has 0 saturated carbocycles. The fourth-order valence-electron chi connectivity index (χ4n) is 1.17. The van der Waals surface area contributed by atoms with Gasteiger partial charge in [0.1, 0.15) is 0 Å². The molecule has 1 nitrogen and oxygen atoms in total. The van der Waals surface area contributed by atoms with E-state index in [9.17, 15) is 0 Å². The standard InChI is InChI=1S/C12H12ClN/c1-2-10(8-13)6-11-4-3-5-12(7-11)9-14/h3-7H,2,8H2,1H3/b10-6-. The number of hydrogen-bond acceptors (Lipinski definition) is 1. The number of alkyl halides is 1. The molecule has 0 N–H and O–H groups in total. The summed E-state index contributed by atoms with van der Waals surface area (Å²) < 4.78 is 0. The molecular formula is C12H12ClN. The van der Waals surface area contributed by atoms with Gasteiger partial charge in [0, 0.05) is 5.88 Å². The molecule has 0 amide bonds. The van der Waals surface area contributed by atoms with Gasteiger partial charge in [-0.2, -0.15) is 5.26 Å². The Hall–Kier alpha value is -1.26. The Labute approximate surface area is 89.6 Å². The summed E-state index contributed by atoms with van der Waals surface area (Å²) in [4.78, 5) is 0. The predicted molar refractivity (Wildman–Crippen MR) is 60.1 cm³/mol. The lowest BCUT2D eigenvalue weighted by molar-refractivity contribution is 1.12. The molecule has 0 unspecified atom stereocenters. The molecule has 0 bridgehead atoms. The molecule has 2 heteroatoms. The molecular weight excluding hydrogens is 194 g/mol. The summed E-state index contributed by atoms with van der Waals surface area (Å²) in [7, 11) is 0. The largest absolute Gasteiger partial charge is 0.192 e. The molecule has 0 fully saturated rings. The summed E-state index contributed by atoms with van der Waals surface area (Å²) in [6.07, 6.45) is 2.98. The van der Waals surface area contributed by atoms with Crippen LogP contribution in [-0.4, -0.2) is 5.88 Å². The van der Waals surface area contributed by atoms with Crippen LogP contribution in [-0.2, 0) is 0 Å². The van der Waals surface area contributed by atoms with Gasteiger partial charge in [-0.15, -0.1) is 11.6 Å². The summed E-state index contributed by atoms with van der Waals surface area (Å²) in [5.41, 5.74) is 2.91. The predicted octanol–water partition coefficient (Wildman–Crippen LogP) is 3.59. The Morgan fingerprint density at radius 2 is 2.36 bits per heavy atom. The van der Waals surface area contributed by atoms with E-state index in [0.29, 0.717) is 11.4 Å². The Morgan fingerprint density at radius 3 is 2.93 bits per heavy atom. The van der Waals surface area contributed by atoms with Crippen molar-refractivity contribution in [2.24, 2.45) is 0 Å². The molecule has 0 atom stereocenters. The van der Waals surface area contributed by atoms with Crippen LogP contribution >= 0.6 is 11.6 Å². The van der Waals surface area contributed by atoms with Crippen LogP contribution in [0.3, 0.4) is 0 Å². The van der Waals surface area contributed by atoms with Crippen LogP contribution in [0.4, 0.5) is 0 Å². The maximum Gasteiger partial charge on any atom is 0.0991 e. The van der Waals surface area contributed by atoms with Crippen LogP contribution in [0.25, 0.3) is 6.08 Å². The highest BCUT2D eigenvalue weighted by Gasteiger charge is 1.94. The first-order valence-electron chi connectivity index (χ1n) is 4.55. The molecule has 1 rings (SSSR count). The third-order valence-electron chi connectivity index (χ3n) is 2.01. The summed E-state index contributed by atoms with van der Waals surface area (Å²) >= 11 is 5.76. The Kier molecular flexibility index (Phi) is 4.22. The molecule has 0 saturated heterocycles. The van der Waals surface area contributed by atoms with Gasteiger partial charge >= 0.3 is 0 Å². The normalized spacial score (nSPS) is 11.1. The highest BCUT2D eigenvalue weighted by molar-refractivity contribution is 6.19. The lowest BCUT2D eigenvalue weighted by Crippen LogP contribution is -1.83. The fraction of sp³-hybridized carbons (Fsp3) is 0.250. The van der Waals surface area contributed by atoms with Crippen molar-refractivity contribution < 1.29 is 0 Å². The highest BCUT2D eigenvalue weighted by atomic mass is 35.5. The molecule has 0 radical (unpaired) electrons. The first kappa shape index (κ1) is 10.8. The monoisotopic (exact) mass is 205 g/mol. The van der Waals surface area contributed by atoms with Crippen molar-refractivity contribution in [1.82, 2.24) is 0 Å². The second kappa shape index (κ2) is 5.47. The van der Waals surface area contributed by atoms with Gasteiger partial charge in [0.2, 0.25) is 0 Å². The molecule has 0 aliphatic rings. The second-order valence-electron chi connectivity index (χ2n) is 3.03. The maximum atomic E-state index is 8.71. The summed E-state index contributed by atoms with van der Waals surface area (Å²) in [6.45, 7) is 2.07. The molecule has 14 heavy (non-hydrogen) atoms. The van der Waals surface area contributed by atoms with E-state index in [0.717, 1.165) is 12.0 Å². The average Bonchev–Trinajstić information content (AvgIpc) is 2.26. The van der Waals surface area contributed by atoms with E-state index in [2.05, 4.69) is 13.0 Å². The summed E-state index contributed by atoms with van der Waals surface area (Å²) in [6, 6.07) is 9.63. The fourth-order valence-corrected chi connectivity index (χ4v) is 1.43. The third kappa shape index (κ3) is 2.90. The van der Waals surface area contributed by atoms with Crippen LogP contribution in [0.5, 0.6) is 0 Å². The lowest BCUT2D eigenvalue weighted by Gasteiger charge is -1.99. The van der Waals surface area contributed by atoms with E-state index in [4.69, 9.17) is 16.9 Å². The third-order valence-corrected chi connectivity index (χ3v) is 2.36. The lowest BCUT2D eigenvalue weighted by atomic mass is 10.1. The molecule has 0 spiro atoms. The number of hydrogen-bond donors (Lipinski definition) is 0. The minimum absolute atomic E-state index is 0.549. The van der Waals surface area contributed by atoms with E-state index in [1.807, 2.05) is 24.3 Å². The highest BCUT2D eigenvalue weighted by Crippen LogP contribution is 2.12. The van der Waals surface area contributed by atoms with Crippen LogP contribution < -0.4 is 0 Å². The van der Waals surface area contributed by atoms with E-state index < -0.39 is 0 Å². The van der Waals surface area contributed by atoms with Crippen LogP contribution in [0.15, 0.2) is 29.8 Å². The minimum atomic E-state index is 0.549. The molecule has 0 aliphatic heterocycles. The van der Waals surface area contributed by atoms with Gasteiger partial charge in [0.25, 0.3) is 0 Å². The van der Waals surface area contributed by atoms with Crippen LogP contribution in [0.2, 0.25) is 0 Å². The quantitative estimate of drug-likeness (QED) is 0.692. The van der Waals surface area contributed by atoms with Crippen molar-refractivity contribution in [3.05, 3.63) is 41.0 Å². The van der Waals surface area contributed by atoms with Crippen molar-refractivity contribution in [2.45, 2.75) is 13.3 Å². The number of nitriles is 1. The average molecular weight is 206 g/mol. The summed E-state index contributed by atoms with van der Waals surface area (Å²) in [5, 5.41) is 8.71. The zero-order valence-electron chi connectivity index (χ0n) is 8.13. The van der Waals surface area contributed by atoms with Gasteiger partial charge in [0.15, 0.2) is 0 Å². The van der Waals surface area contributed by atoms with Gasteiger partial charge in [-0.05, 0) is 24.1 Å². The van der Waals surface area contributed by atoms with Gasteiger partial charge in [-0.25, -0.2) is 0 Å². The van der Waals surface area contributed by atoms with Gasteiger partial charge in [-0.1, -0.05) is 30.7 Å². The SMILES string of the molecule is CC/C(=C/c1cccc(C#N)c1)CCl. The smallest absolute Gasteiger partial charge is 0.0991 e. The molecule has 72 valence electrons. The topological polar surface area (TPSA) is 23.8 Å². The number of halogens is 1. The number of nitrogens with zero attached hydrogens (tertiary/aromatic N) is 1. The van der Waals surface area contributed by atoms with Crippen LogP contribution in [0.1, 0.15) is 24.5 Å². The Balaban J connectivity index is 2.97. The number of rotatable bonds is 3. The molecule has 1 aromatic rings. The van der Waals surface area contributed by atoms with Gasteiger partial charge < -0.3 is 0 Å². The van der Waals surface area contributed by atoms with Crippen molar-refractivity contribution in [1.29, 1.82) is 5.26 Å². The second-order valence-corrected chi connectivity index (χ2v) is 3.29. The van der Waals surface area contributed by atoms with E-state index >= 15 is 0 Å². The summed E-state index contributed by atoms with van der Waals surface area (Å²) in [5.74, 6) is 0.549. The van der Waals surface area contributed by atoms with Crippen molar-refractivity contribution in [3.63, 3.8) is 0 Å². The van der Waals surface area contributed by atoms with Crippen molar-refractivity contribution >= 4 is 17.7 Å². The molecule has 0 aromatic heterocycles. The van der Waals surface area contributed by atoms with E-state index in [1.54, 1.807) is 6.07 Å². The Morgan fingerprint density at radius 1 is 1.57 bits per heavy atom. The molecule has 0 heterocycles. The first-order chi connectivity index (χ1) is 6.80. The van der Waals surface area contributed by atoms with Crippen molar-refractivity contribution in [3.8, 4) is 6.07 Å². The van der Waals surface area contributed by atoms with Gasteiger partial charge in [-0.3, -0.25) is 0 Å². The number of allylic oxidation sites excluding steroid dienone is 1. The maximum absolute atomic E-state index is 8.71. The van der Waals surface area contributed by atoms with Crippen LogP contribution in [0, 0.1) is 11.3 Å². The van der Waals surface area contributed by atoms with E-state index in [1.165, 1.54) is 5.57 Å². The molecule has 0 aliphatic carbocycles. The van der Waals surface area contributed by atoms with E-state index in [-0.39, 0.29) is 0 Å². The zero-order chi connectivity index (χ0) is 10.4. The van der Waals surface area contributed by atoms with Crippen molar-refractivity contribution in [2.75, 3.05) is 5.88 Å². The zero-order valence-corrected chi connectivity index (χ0v) is 8.88. The minimum Gasteiger partial charge on any atom is -0.192 e. The van der Waals surface area contributed by atoms with Gasteiger partial charge in [0.05, 0.1) is 11.6 Å². The number of benzene rings is 1.